The van der Waals surface area contributed by atoms with Crippen molar-refractivity contribution in [1.29, 1.82) is 0 Å². The van der Waals surface area contributed by atoms with E-state index in [4.69, 9.17) is 0 Å². The second kappa shape index (κ2) is 6.01. The molecule has 1 aromatic heterocycles. The monoisotopic (exact) mass is 234 g/mol. The molecule has 0 aromatic carbocycles. The fourth-order valence-corrected chi connectivity index (χ4v) is 2.81. The molecule has 0 amide bonds. The van der Waals surface area contributed by atoms with Gasteiger partial charge in [0.05, 0.1) is 0 Å². The van der Waals surface area contributed by atoms with Gasteiger partial charge in [0, 0.05) is 37.1 Å². The first-order chi connectivity index (χ1) is 8.29. The highest BCUT2D eigenvalue weighted by Crippen LogP contribution is 2.26. The summed E-state index contributed by atoms with van der Waals surface area (Å²) < 4.78 is 2.11. The van der Waals surface area contributed by atoms with Gasteiger partial charge in [-0.15, -0.1) is 0 Å². The maximum Gasteiger partial charge on any atom is 0.181 e. The third kappa shape index (κ3) is 3.43. The molecular formula is C14H22N2O. The van der Waals surface area contributed by atoms with E-state index in [0.29, 0.717) is 6.04 Å². The molecule has 1 fully saturated rings. The summed E-state index contributed by atoms with van der Waals surface area (Å²) in [7, 11) is 2.04. The Bertz CT molecular complexity index is 373. The summed E-state index contributed by atoms with van der Waals surface area (Å²) in [5, 5.41) is 3.44. The van der Waals surface area contributed by atoms with E-state index in [0.717, 1.165) is 12.5 Å². The van der Waals surface area contributed by atoms with Crippen molar-refractivity contribution in [2.24, 2.45) is 5.92 Å². The van der Waals surface area contributed by atoms with Gasteiger partial charge in [-0.05, 0) is 25.8 Å². The Balaban J connectivity index is 1.98. The third-order valence-corrected chi connectivity index (χ3v) is 3.86. The third-order valence-electron chi connectivity index (χ3n) is 3.86. The van der Waals surface area contributed by atoms with E-state index in [-0.39, 0.29) is 5.43 Å². The van der Waals surface area contributed by atoms with Crippen LogP contribution >= 0.6 is 0 Å². The van der Waals surface area contributed by atoms with Crippen LogP contribution in [0.3, 0.4) is 0 Å². The second-order valence-electron chi connectivity index (χ2n) is 5.02. The number of aromatic nitrogens is 1. The fourth-order valence-electron chi connectivity index (χ4n) is 2.81. The number of rotatable bonds is 4. The Hall–Kier alpha value is -1.09. The minimum Gasteiger partial charge on any atom is -0.352 e. The molecule has 0 spiro atoms. The Morgan fingerprint density at radius 1 is 1.29 bits per heavy atom. The Morgan fingerprint density at radius 3 is 2.53 bits per heavy atom. The van der Waals surface area contributed by atoms with Gasteiger partial charge < -0.3 is 9.88 Å². The lowest BCUT2D eigenvalue weighted by atomic mass is 9.84. The number of pyridine rings is 1. The molecule has 1 N–H and O–H groups in total. The summed E-state index contributed by atoms with van der Waals surface area (Å²) in [6, 6.07) is 3.79. The van der Waals surface area contributed by atoms with E-state index in [2.05, 4.69) is 9.88 Å². The van der Waals surface area contributed by atoms with Crippen molar-refractivity contribution >= 4 is 0 Å². The average Bonchev–Trinajstić information content (AvgIpc) is 2.39. The van der Waals surface area contributed by atoms with Crippen LogP contribution in [0, 0.1) is 5.92 Å². The number of hydrogen-bond donors (Lipinski definition) is 1. The van der Waals surface area contributed by atoms with E-state index >= 15 is 0 Å². The fraction of sp³-hybridized carbons (Fsp3) is 0.643. The van der Waals surface area contributed by atoms with Crippen LogP contribution in [0.4, 0.5) is 0 Å². The predicted octanol–water partition coefficient (Wildman–Crippen LogP) is 2.02. The molecule has 0 radical (unpaired) electrons. The van der Waals surface area contributed by atoms with E-state index < -0.39 is 0 Å². The zero-order valence-electron chi connectivity index (χ0n) is 10.6. The predicted molar refractivity (Wildman–Crippen MR) is 70.1 cm³/mol. The van der Waals surface area contributed by atoms with Crippen LogP contribution in [0.2, 0.25) is 0 Å². The van der Waals surface area contributed by atoms with Gasteiger partial charge >= 0.3 is 0 Å². The van der Waals surface area contributed by atoms with Crippen LogP contribution in [-0.2, 0) is 6.54 Å². The molecule has 2 rings (SSSR count). The molecule has 1 heterocycles. The number of hydrogen-bond acceptors (Lipinski definition) is 2. The lowest BCUT2D eigenvalue weighted by Crippen LogP contribution is -2.38. The normalized spacial score (nSPS) is 19.1. The van der Waals surface area contributed by atoms with E-state index in [1.165, 1.54) is 32.1 Å². The van der Waals surface area contributed by atoms with Gasteiger partial charge in [0.1, 0.15) is 0 Å². The Morgan fingerprint density at radius 2 is 1.94 bits per heavy atom. The molecule has 1 unspecified atom stereocenters. The highest BCUT2D eigenvalue weighted by Gasteiger charge is 2.22. The van der Waals surface area contributed by atoms with Crippen LogP contribution in [0.15, 0.2) is 29.3 Å². The Labute approximate surface area is 103 Å². The van der Waals surface area contributed by atoms with Crippen molar-refractivity contribution in [2.45, 2.75) is 44.7 Å². The summed E-state index contributed by atoms with van der Waals surface area (Å²) in [6.45, 7) is 0.960. The highest BCUT2D eigenvalue weighted by molar-refractivity contribution is 4.94. The number of nitrogens with one attached hydrogen (secondary N) is 1. The van der Waals surface area contributed by atoms with Crippen molar-refractivity contribution < 1.29 is 0 Å². The van der Waals surface area contributed by atoms with Gasteiger partial charge in [-0.3, -0.25) is 4.79 Å². The molecule has 1 atom stereocenters. The van der Waals surface area contributed by atoms with E-state index in [1.807, 2.05) is 19.4 Å². The highest BCUT2D eigenvalue weighted by atomic mass is 16.1. The lowest BCUT2D eigenvalue weighted by Gasteiger charge is -2.30. The van der Waals surface area contributed by atoms with Crippen molar-refractivity contribution in [3.05, 3.63) is 34.7 Å². The van der Waals surface area contributed by atoms with Crippen LogP contribution < -0.4 is 10.7 Å². The summed E-state index contributed by atoms with van der Waals surface area (Å²) >= 11 is 0. The minimum absolute atomic E-state index is 0.0833. The summed E-state index contributed by atoms with van der Waals surface area (Å²) in [5.74, 6) is 0.785. The first-order valence-electron chi connectivity index (χ1n) is 6.63. The number of nitrogens with zero attached hydrogens (tertiary/aromatic N) is 1. The van der Waals surface area contributed by atoms with Crippen LogP contribution in [0.1, 0.15) is 32.1 Å². The minimum atomic E-state index is 0.0833. The zero-order chi connectivity index (χ0) is 12.1. The smallest absolute Gasteiger partial charge is 0.181 e. The largest absolute Gasteiger partial charge is 0.352 e. The maximum atomic E-state index is 11.0. The molecule has 1 saturated carbocycles. The molecule has 94 valence electrons. The lowest BCUT2D eigenvalue weighted by molar-refractivity contribution is 0.257. The second-order valence-corrected chi connectivity index (χ2v) is 5.02. The van der Waals surface area contributed by atoms with Crippen LogP contribution in [0.5, 0.6) is 0 Å². The molecule has 1 aromatic rings. The topological polar surface area (TPSA) is 34.0 Å². The molecular weight excluding hydrogens is 212 g/mol. The van der Waals surface area contributed by atoms with Gasteiger partial charge in [-0.25, -0.2) is 0 Å². The summed E-state index contributed by atoms with van der Waals surface area (Å²) in [4.78, 5) is 11.0. The molecule has 0 saturated heterocycles. The van der Waals surface area contributed by atoms with Gasteiger partial charge in [0.25, 0.3) is 0 Å². The standard InChI is InChI=1S/C14H22N2O/c1-15-14(12-5-3-2-4-6-12)11-16-9-7-13(17)8-10-16/h7-10,12,14-15H,2-6,11H2,1H3. The quantitative estimate of drug-likeness (QED) is 0.864. The maximum absolute atomic E-state index is 11.0. The average molecular weight is 234 g/mol. The van der Waals surface area contributed by atoms with Crippen LogP contribution in [-0.4, -0.2) is 17.7 Å². The van der Waals surface area contributed by atoms with Gasteiger partial charge in [-0.2, -0.15) is 0 Å². The van der Waals surface area contributed by atoms with Gasteiger partial charge in [0.2, 0.25) is 0 Å². The van der Waals surface area contributed by atoms with Crippen molar-refractivity contribution in [2.75, 3.05) is 7.05 Å². The molecule has 0 aliphatic heterocycles. The summed E-state index contributed by atoms with van der Waals surface area (Å²) in [6.07, 6.45) is 10.6. The molecule has 3 nitrogen and oxygen atoms in total. The van der Waals surface area contributed by atoms with Crippen molar-refractivity contribution in [1.82, 2.24) is 9.88 Å². The van der Waals surface area contributed by atoms with Crippen LogP contribution in [0.25, 0.3) is 0 Å². The molecule has 0 bridgehead atoms. The van der Waals surface area contributed by atoms with Gasteiger partial charge in [-0.1, -0.05) is 19.3 Å². The van der Waals surface area contributed by atoms with Gasteiger partial charge in [0.15, 0.2) is 5.43 Å². The Kier molecular flexibility index (Phi) is 4.37. The molecule has 1 aliphatic carbocycles. The number of likely N-dealkylation sites (N-methyl/N-ethyl adjacent to an activating group) is 1. The molecule has 1 aliphatic rings. The van der Waals surface area contributed by atoms with Crippen molar-refractivity contribution in [3.8, 4) is 0 Å². The van der Waals surface area contributed by atoms with E-state index in [9.17, 15) is 4.79 Å². The first kappa shape index (κ1) is 12.4. The first-order valence-corrected chi connectivity index (χ1v) is 6.63. The summed E-state index contributed by atoms with van der Waals surface area (Å²) in [5.41, 5.74) is 0.0833. The van der Waals surface area contributed by atoms with Crippen molar-refractivity contribution in [3.63, 3.8) is 0 Å². The SMILES string of the molecule is CNC(Cn1ccc(=O)cc1)C1CCCCC1. The molecule has 17 heavy (non-hydrogen) atoms. The van der Waals surface area contributed by atoms with E-state index in [1.54, 1.807) is 12.1 Å². The molecule has 3 heteroatoms. The zero-order valence-corrected chi connectivity index (χ0v) is 10.6.